The minimum atomic E-state index is 0.586. The van der Waals surface area contributed by atoms with E-state index in [0.29, 0.717) is 6.04 Å². The Kier molecular flexibility index (Phi) is 3.08. The molecule has 76 valence electrons. The summed E-state index contributed by atoms with van der Waals surface area (Å²) in [4.78, 5) is 0. The lowest BCUT2D eigenvalue weighted by Gasteiger charge is -2.12. The molecule has 1 aliphatic heterocycles. The van der Waals surface area contributed by atoms with Gasteiger partial charge in [0.25, 0.3) is 0 Å². The normalized spacial score (nSPS) is 21.1. The van der Waals surface area contributed by atoms with Crippen LogP contribution in [0.25, 0.3) is 0 Å². The summed E-state index contributed by atoms with van der Waals surface area (Å²) in [5.74, 6) is 1.01. The number of benzene rings is 1. The first kappa shape index (κ1) is 9.99. The quantitative estimate of drug-likeness (QED) is 0.859. The van der Waals surface area contributed by atoms with Gasteiger partial charge in [-0.2, -0.15) is 0 Å². The number of nitrogens with two attached hydrogens (primary N) is 1. The average Bonchev–Trinajstić information content (AvgIpc) is 2.70. The molecule has 0 aromatic heterocycles. The van der Waals surface area contributed by atoms with Crippen LogP contribution in [-0.4, -0.2) is 13.7 Å². The third-order valence-corrected chi connectivity index (χ3v) is 3.25. The van der Waals surface area contributed by atoms with Crippen LogP contribution in [0.5, 0.6) is 5.75 Å². The van der Waals surface area contributed by atoms with E-state index in [1.807, 2.05) is 12.1 Å². The molecule has 0 radical (unpaired) electrons. The predicted octanol–water partition coefficient (Wildman–Crippen LogP) is 1.86. The molecule has 1 atom stereocenters. The van der Waals surface area contributed by atoms with Gasteiger partial charge in [-0.1, -0.05) is 15.9 Å². The summed E-state index contributed by atoms with van der Waals surface area (Å²) in [7, 11) is 1.74. The summed E-state index contributed by atoms with van der Waals surface area (Å²) in [6.45, 7) is 1.24. The standard InChI is InChI=1S/C11H14BrNO/c1-14-11-5-4-8(12)7-9(11)10-3-2-6-13-10/h4-5,7,10,13H,2-3,6H2,1H3/p+1/t10-/m1/s1. The molecular formula is C11H15BrNO+. The average molecular weight is 257 g/mol. The highest BCUT2D eigenvalue weighted by Crippen LogP contribution is 2.29. The van der Waals surface area contributed by atoms with Crippen molar-refractivity contribution in [3.8, 4) is 5.75 Å². The summed E-state index contributed by atoms with van der Waals surface area (Å²) in [6.07, 6.45) is 2.56. The van der Waals surface area contributed by atoms with Gasteiger partial charge in [0, 0.05) is 17.3 Å². The van der Waals surface area contributed by atoms with Gasteiger partial charge in [-0.3, -0.25) is 0 Å². The molecule has 0 unspecified atom stereocenters. The van der Waals surface area contributed by atoms with Crippen LogP contribution in [0.1, 0.15) is 24.4 Å². The van der Waals surface area contributed by atoms with Crippen LogP contribution in [-0.2, 0) is 0 Å². The fraction of sp³-hybridized carbons (Fsp3) is 0.455. The summed E-state index contributed by atoms with van der Waals surface area (Å²) in [5, 5.41) is 2.39. The topological polar surface area (TPSA) is 25.8 Å². The largest absolute Gasteiger partial charge is 0.496 e. The van der Waals surface area contributed by atoms with Crippen molar-refractivity contribution in [3.05, 3.63) is 28.2 Å². The number of methoxy groups -OCH3 is 1. The zero-order chi connectivity index (χ0) is 9.97. The Hall–Kier alpha value is -0.540. The van der Waals surface area contributed by atoms with Gasteiger partial charge in [0.05, 0.1) is 19.2 Å². The molecule has 0 amide bonds. The molecule has 1 aromatic rings. The van der Waals surface area contributed by atoms with Crippen molar-refractivity contribution in [2.24, 2.45) is 0 Å². The number of hydrogen-bond acceptors (Lipinski definition) is 1. The van der Waals surface area contributed by atoms with Crippen molar-refractivity contribution in [2.45, 2.75) is 18.9 Å². The number of halogens is 1. The van der Waals surface area contributed by atoms with Crippen LogP contribution in [0.2, 0.25) is 0 Å². The maximum absolute atomic E-state index is 5.37. The third kappa shape index (κ3) is 1.93. The molecule has 0 saturated carbocycles. The second kappa shape index (κ2) is 4.32. The Bertz CT molecular complexity index is 321. The Labute approximate surface area is 92.8 Å². The Balaban J connectivity index is 2.33. The van der Waals surface area contributed by atoms with Crippen molar-refractivity contribution < 1.29 is 10.1 Å². The maximum atomic E-state index is 5.37. The summed E-state index contributed by atoms with van der Waals surface area (Å²) < 4.78 is 6.50. The summed E-state index contributed by atoms with van der Waals surface area (Å²) in [6, 6.07) is 6.82. The lowest BCUT2D eigenvalue weighted by atomic mass is 10.0. The van der Waals surface area contributed by atoms with Crippen molar-refractivity contribution in [1.82, 2.24) is 0 Å². The molecule has 3 heteroatoms. The van der Waals surface area contributed by atoms with Crippen LogP contribution < -0.4 is 10.1 Å². The van der Waals surface area contributed by atoms with Gasteiger partial charge in [-0.15, -0.1) is 0 Å². The van der Waals surface area contributed by atoms with E-state index in [9.17, 15) is 0 Å². The van der Waals surface area contributed by atoms with Crippen LogP contribution in [0.4, 0.5) is 0 Å². The monoisotopic (exact) mass is 256 g/mol. The predicted molar refractivity (Wildman–Crippen MR) is 59.5 cm³/mol. The van der Waals surface area contributed by atoms with E-state index in [-0.39, 0.29) is 0 Å². The van der Waals surface area contributed by atoms with Gasteiger partial charge in [-0.05, 0) is 18.2 Å². The van der Waals surface area contributed by atoms with Crippen molar-refractivity contribution >= 4 is 15.9 Å². The van der Waals surface area contributed by atoms with Crippen LogP contribution in [0.3, 0.4) is 0 Å². The van der Waals surface area contributed by atoms with Crippen LogP contribution in [0, 0.1) is 0 Å². The molecule has 1 aromatic carbocycles. The Morgan fingerprint density at radius 1 is 1.50 bits per heavy atom. The van der Waals surface area contributed by atoms with E-state index in [1.54, 1.807) is 7.11 Å². The Morgan fingerprint density at radius 2 is 2.36 bits per heavy atom. The lowest BCUT2D eigenvalue weighted by molar-refractivity contribution is -0.676. The minimum Gasteiger partial charge on any atom is -0.496 e. The SMILES string of the molecule is COc1ccc(Br)cc1[C@H]1CCC[NH2+]1. The van der Waals surface area contributed by atoms with Gasteiger partial charge in [0.15, 0.2) is 0 Å². The first-order valence-corrected chi connectivity index (χ1v) is 5.77. The zero-order valence-corrected chi connectivity index (χ0v) is 9.88. The maximum Gasteiger partial charge on any atom is 0.128 e. The summed E-state index contributed by atoms with van der Waals surface area (Å²) >= 11 is 3.50. The molecule has 2 rings (SSSR count). The first-order chi connectivity index (χ1) is 6.81. The molecule has 1 fully saturated rings. The third-order valence-electron chi connectivity index (χ3n) is 2.76. The van der Waals surface area contributed by atoms with Gasteiger partial charge in [0.2, 0.25) is 0 Å². The van der Waals surface area contributed by atoms with Gasteiger partial charge in [-0.25, -0.2) is 0 Å². The molecule has 0 spiro atoms. The Morgan fingerprint density at radius 3 is 3.00 bits per heavy atom. The van der Waals surface area contributed by atoms with Crippen molar-refractivity contribution in [2.75, 3.05) is 13.7 Å². The summed E-state index contributed by atoms with van der Waals surface area (Å²) in [5.41, 5.74) is 1.32. The fourth-order valence-electron chi connectivity index (χ4n) is 2.05. The van der Waals surface area contributed by atoms with E-state index in [0.717, 1.165) is 10.2 Å². The highest BCUT2D eigenvalue weighted by molar-refractivity contribution is 9.10. The van der Waals surface area contributed by atoms with Gasteiger partial charge >= 0.3 is 0 Å². The molecule has 1 aliphatic rings. The molecule has 14 heavy (non-hydrogen) atoms. The first-order valence-electron chi connectivity index (χ1n) is 4.98. The number of hydrogen-bond donors (Lipinski definition) is 1. The van der Waals surface area contributed by atoms with Crippen molar-refractivity contribution in [3.63, 3.8) is 0 Å². The van der Waals surface area contributed by atoms with Crippen LogP contribution >= 0.6 is 15.9 Å². The molecular weight excluding hydrogens is 242 g/mol. The fourth-order valence-corrected chi connectivity index (χ4v) is 2.43. The molecule has 0 aliphatic carbocycles. The van der Waals surface area contributed by atoms with E-state index in [4.69, 9.17) is 4.74 Å². The van der Waals surface area contributed by atoms with Crippen molar-refractivity contribution in [1.29, 1.82) is 0 Å². The minimum absolute atomic E-state index is 0.586. The molecule has 0 bridgehead atoms. The van der Waals surface area contributed by atoms with Gasteiger partial charge < -0.3 is 10.1 Å². The number of quaternary nitrogens is 1. The second-order valence-corrected chi connectivity index (χ2v) is 4.58. The highest BCUT2D eigenvalue weighted by atomic mass is 79.9. The number of rotatable bonds is 2. The van der Waals surface area contributed by atoms with E-state index < -0.39 is 0 Å². The number of ether oxygens (including phenoxy) is 1. The zero-order valence-electron chi connectivity index (χ0n) is 8.29. The second-order valence-electron chi connectivity index (χ2n) is 3.66. The molecule has 1 heterocycles. The van der Waals surface area contributed by atoms with E-state index in [2.05, 4.69) is 27.3 Å². The van der Waals surface area contributed by atoms with Crippen LogP contribution in [0.15, 0.2) is 22.7 Å². The van der Waals surface area contributed by atoms with Gasteiger partial charge in [0.1, 0.15) is 11.8 Å². The molecule has 2 nitrogen and oxygen atoms in total. The molecule has 2 N–H and O–H groups in total. The smallest absolute Gasteiger partial charge is 0.128 e. The van der Waals surface area contributed by atoms with E-state index >= 15 is 0 Å². The highest BCUT2D eigenvalue weighted by Gasteiger charge is 2.23. The molecule has 1 saturated heterocycles. The van der Waals surface area contributed by atoms with E-state index in [1.165, 1.54) is 24.9 Å². The lowest BCUT2D eigenvalue weighted by Crippen LogP contribution is -2.81.